The molecule has 0 saturated carbocycles. The summed E-state index contributed by atoms with van der Waals surface area (Å²) >= 11 is 1.52. The number of carboxylic acid groups (broad SMARTS) is 1. The number of carboxylic acids is 1. The van der Waals surface area contributed by atoms with Crippen LogP contribution in [-0.2, 0) is 17.9 Å². The summed E-state index contributed by atoms with van der Waals surface area (Å²) in [4.78, 5) is 30.9. The number of nitrogens with one attached hydrogen (secondary N) is 1. The van der Waals surface area contributed by atoms with Crippen LogP contribution in [0.5, 0.6) is 0 Å². The summed E-state index contributed by atoms with van der Waals surface area (Å²) in [5.74, 6) is -1.14. The number of aryl methyl sites for hydroxylation is 1. The normalized spacial score (nSPS) is 11.1. The molecule has 1 atom stereocenters. The van der Waals surface area contributed by atoms with E-state index in [-0.39, 0.29) is 25.3 Å². The number of aliphatic carboxylic acids is 1. The van der Waals surface area contributed by atoms with Crippen molar-refractivity contribution in [2.45, 2.75) is 32.5 Å². The summed E-state index contributed by atoms with van der Waals surface area (Å²) in [5, 5.41) is 14.4. The van der Waals surface area contributed by atoms with E-state index in [1.165, 1.54) is 11.8 Å². The largest absolute Gasteiger partial charge is 1.00 e. The molecular formula is C34H32LiN3O3S. The Bertz CT molecular complexity index is 1540. The zero-order valence-corrected chi connectivity index (χ0v) is 25.0. The zero-order valence-electron chi connectivity index (χ0n) is 24.2. The minimum atomic E-state index is -1.29. The molecular weight excluding hydrogens is 537 g/mol. The second kappa shape index (κ2) is 15.9. The number of rotatable bonds is 12. The molecule has 0 aliphatic rings. The first-order valence-electron chi connectivity index (χ1n) is 13.4. The van der Waals surface area contributed by atoms with Gasteiger partial charge in [0.2, 0.25) is 0 Å². The van der Waals surface area contributed by atoms with Crippen LogP contribution in [0.25, 0.3) is 16.0 Å². The van der Waals surface area contributed by atoms with Gasteiger partial charge in [0, 0.05) is 24.3 Å². The van der Waals surface area contributed by atoms with Crippen molar-refractivity contribution in [2.24, 2.45) is 0 Å². The molecule has 0 aromatic heterocycles. The second-order valence-corrected chi connectivity index (χ2v) is 10.8. The fourth-order valence-electron chi connectivity index (χ4n) is 4.71. The molecule has 0 unspecified atom stereocenters. The van der Waals surface area contributed by atoms with Gasteiger partial charge in [0.25, 0.3) is 5.91 Å². The Morgan fingerprint density at radius 2 is 1.57 bits per heavy atom. The Morgan fingerprint density at radius 1 is 0.905 bits per heavy atom. The van der Waals surface area contributed by atoms with Gasteiger partial charge in [-0.1, -0.05) is 72.8 Å². The van der Waals surface area contributed by atoms with Crippen LogP contribution in [-0.4, -0.2) is 29.9 Å². The summed E-state index contributed by atoms with van der Waals surface area (Å²) < 4.78 is 0. The zero-order chi connectivity index (χ0) is 29.2. The van der Waals surface area contributed by atoms with E-state index in [4.69, 9.17) is 6.57 Å². The molecule has 4 aromatic carbocycles. The first-order valence-corrected chi connectivity index (χ1v) is 14.7. The number of thioether (sulfide) groups is 1. The van der Waals surface area contributed by atoms with Crippen LogP contribution in [0.2, 0.25) is 0 Å². The average Bonchev–Trinajstić information content (AvgIpc) is 2.99. The second-order valence-electron chi connectivity index (χ2n) is 9.79. The van der Waals surface area contributed by atoms with E-state index in [1.54, 1.807) is 6.07 Å². The molecule has 0 spiro atoms. The van der Waals surface area contributed by atoms with Gasteiger partial charge in [-0.05, 0) is 77.4 Å². The van der Waals surface area contributed by atoms with E-state index < -0.39 is 17.9 Å². The van der Waals surface area contributed by atoms with E-state index >= 15 is 0 Å². The van der Waals surface area contributed by atoms with Crippen LogP contribution in [0.3, 0.4) is 0 Å². The topological polar surface area (TPSA) is 76.8 Å². The molecule has 8 heteroatoms. The SMILES string of the molecule is [C-]#[N+]c1ccc(N(Cc2ccccc2)Cc2ccc(C(=O)N[C@@H](CCSC)C(=O)[O-])c(-c3ccccc3C)c2)cc1.[Li+]. The molecule has 0 fully saturated rings. The Hall–Kier alpha value is -3.94. The first-order chi connectivity index (χ1) is 19.9. The number of carbonyl (C=O) groups excluding carboxylic acids is 2. The molecule has 4 aromatic rings. The van der Waals surface area contributed by atoms with Gasteiger partial charge in [0.1, 0.15) is 0 Å². The summed E-state index contributed by atoms with van der Waals surface area (Å²) in [6.45, 7) is 10.5. The fraction of sp³-hybridized carbons (Fsp3) is 0.206. The Morgan fingerprint density at radius 3 is 2.21 bits per heavy atom. The number of nitrogens with zero attached hydrogens (tertiary/aromatic N) is 2. The maximum atomic E-state index is 13.4. The quantitative estimate of drug-likeness (QED) is 0.210. The van der Waals surface area contributed by atoms with Gasteiger partial charge < -0.3 is 20.1 Å². The molecule has 6 nitrogen and oxygen atoms in total. The third-order valence-corrected chi connectivity index (χ3v) is 7.54. The third kappa shape index (κ3) is 8.53. The maximum Gasteiger partial charge on any atom is 1.00 e. The van der Waals surface area contributed by atoms with Crippen molar-refractivity contribution in [3.63, 3.8) is 0 Å². The van der Waals surface area contributed by atoms with Crippen LogP contribution in [0.4, 0.5) is 11.4 Å². The van der Waals surface area contributed by atoms with E-state index in [9.17, 15) is 14.7 Å². The average molecular weight is 570 g/mol. The van der Waals surface area contributed by atoms with Crippen molar-refractivity contribution in [3.8, 4) is 11.1 Å². The molecule has 42 heavy (non-hydrogen) atoms. The van der Waals surface area contributed by atoms with Gasteiger partial charge in [-0.3, -0.25) is 4.79 Å². The van der Waals surface area contributed by atoms with Crippen molar-refractivity contribution in [2.75, 3.05) is 16.9 Å². The predicted molar refractivity (Wildman–Crippen MR) is 165 cm³/mol. The van der Waals surface area contributed by atoms with Crippen molar-refractivity contribution < 1.29 is 33.6 Å². The fourth-order valence-corrected chi connectivity index (χ4v) is 5.18. The molecule has 4 rings (SSSR count). The summed E-state index contributed by atoms with van der Waals surface area (Å²) in [5.41, 5.74) is 6.76. The van der Waals surface area contributed by atoms with E-state index in [1.807, 2.05) is 92.0 Å². The molecule has 0 saturated heterocycles. The molecule has 0 aliphatic carbocycles. The molecule has 1 amide bonds. The van der Waals surface area contributed by atoms with Gasteiger partial charge in [0.05, 0.1) is 18.6 Å². The Balaban J connectivity index is 0.00000484. The monoisotopic (exact) mass is 569 g/mol. The maximum absolute atomic E-state index is 13.4. The molecule has 208 valence electrons. The summed E-state index contributed by atoms with van der Waals surface area (Å²) in [6.07, 6.45) is 2.18. The standard InChI is InChI=1S/C34H33N3O3S.Li/c1-24-9-7-8-12-29(24)31-21-26(13-18-30(31)33(38)36-32(34(39)40)19-20-41-3)23-37(22-25-10-5-4-6-11-25)28-16-14-27(35-2)15-17-28;/h4-18,21,32H,19-20,22-23H2,1,3H3,(H,36,38)(H,39,40);/q;+1/p-1/t32-;/m0./s1. The van der Waals surface area contributed by atoms with Gasteiger partial charge >= 0.3 is 18.9 Å². The number of hydrogen-bond acceptors (Lipinski definition) is 5. The number of anilines is 1. The van der Waals surface area contributed by atoms with Crippen molar-refractivity contribution >= 4 is 35.0 Å². The first kappa shape index (κ1) is 32.6. The van der Waals surface area contributed by atoms with Gasteiger partial charge in [-0.25, -0.2) is 4.85 Å². The molecule has 0 aliphatic heterocycles. The number of benzene rings is 4. The smallest absolute Gasteiger partial charge is 0.548 e. The third-order valence-electron chi connectivity index (χ3n) is 6.90. The van der Waals surface area contributed by atoms with E-state index in [2.05, 4.69) is 27.2 Å². The van der Waals surface area contributed by atoms with Crippen LogP contribution in [0, 0.1) is 13.5 Å². The summed E-state index contributed by atoms with van der Waals surface area (Å²) in [7, 11) is 0. The van der Waals surface area contributed by atoms with Crippen LogP contribution in [0.1, 0.15) is 33.5 Å². The molecule has 1 N–H and O–H groups in total. The Labute approximate surface area is 264 Å². The number of amides is 1. The van der Waals surface area contributed by atoms with Crippen molar-refractivity contribution in [1.29, 1.82) is 0 Å². The van der Waals surface area contributed by atoms with Gasteiger partial charge in [0.15, 0.2) is 5.69 Å². The van der Waals surface area contributed by atoms with E-state index in [0.717, 1.165) is 33.5 Å². The number of carbonyl (C=O) groups is 2. The van der Waals surface area contributed by atoms with Crippen LogP contribution < -0.4 is 34.2 Å². The van der Waals surface area contributed by atoms with Crippen molar-refractivity contribution in [1.82, 2.24) is 5.32 Å². The number of hydrogen-bond donors (Lipinski definition) is 1. The van der Waals surface area contributed by atoms with Crippen LogP contribution in [0.15, 0.2) is 97.1 Å². The van der Waals surface area contributed by atoms with Gasteiger partial charge in [-0.2, -0.15) is 11.8 Å². The summed E-state index contributed by atoms with van der Waals surface area (Å²) in [6, 6.07) is 30.2. The molecule has 0 heterocycles. The Kier molecular flexibility index (Phi) is 12.3. The van der Waals surface area contributed by atoms with E-state index in [0.29, 0.717) is 30.1 Å². The van der Waals surface area contributed by atoms with Gasteiger partial charge in [-0.15, -0.1) is 0 Å². The van der Waals surface area contributed by atoms with Crippen LogP contribution >= 0.6 is 11.8 Å². The van der Waals surface area contributed by atoms with Crippen molar-refractivity contribution in [3.05, 3.63) is 131 Å². The molecule has 0 bridgehead atoms. The predicted octanol–water partition coefficient (Wildman–Crippen LogP) is 3.03. The minimum Gasteiger partial charge on any atom is -0.548 e. The molecule has 0 radical (unpaired) electrons. The minimum absolute atomic E-state index is 0.